The van der Waals surface area contributed by atoms with E-state index in [1.54, 1.807) is 11.3 Å². The minimum absolute atomic E-state index is 0. The van der Waals surface area contributed by atoms with Crippen molar-refractivity contribution in [2.45, 2.75) is 33.6 Å². The molecule has 0 atom stereocenters. The Bertz CT molecular complexity index is 1190. The van der Waals surface area contributed by atoms with Crippen molar-refractivity contribution in [3.05, 3.63) is 90.3 Å². The number of pyridine rings is 1. The van der Waals surface area contributed by atoms with Gasteiger partial charge in [0.25, 0.3) is 0 Å². The van der Waals surface area contributed by atoms with Crippen LogP contribution in [0, 0.1) is 6.07 Å². The van der Waals surface area contributed by atoms with Crippen LogP contribution in [0.5, 0.6) is 0 Å². The summed E-state index contributed by atoms with van der Waals surface area (Å²) in [7, 11) is 0. The predicted octanol–water partition coefficient (Wildman–Crippen LogP) is 7.59. The number of nitrogens with zero attached hydrogens (tertiary/aromatic N) is 1. The Hall–Kier alpha value is -2.59. The Kier molecular flexibility index (Phi) is 9.52. The second kappa shape index (κ2) is 11.9. The second-order valence-corrected chi connectivity index (χ2v) is 8.75. The van der Waals surface area contributed by atoms with Gasteiger partial charge in [0.15, 0.2) is 5.78 Å². The van der Waals surface area contributed by atoms with Crippen LogP contribution in [-0.4, -0.2) is 15.9 Å². The van der Waals surface area contributed by atoms with Crippen LogP contribution in [0.3, 0.4) is 0 Å². The van der Waals surface area contributed by atoms with Gasteiger partial charge in [0.05, 0.1) is 10.5 Å². The molecular formula is C27H26IrNO2S-. The van der Waals surface area contributed by atoms with Crippen LogP contribution in [0.4, 0.5) is 0 Å². The standard InChI is InChI=1S/C22H18NS.C5H8O2.Ir/c1-15(2)16-8-10-18(11-9-16)21-13-19-12-20(23-14-22(19)24-21)17-6-4-3-5-7-17;1-4(6)3-5(2)7;/h3-6,8-15H,1-2H3;3,6H,1-2H3;/q-1;;/b;4-3-;. The summed E-state index contributed by atoms with van der Waals surface area (Å²) in [5.41, 5.74) is 4.66. The molecule has 167 valence electrons. The van der Waals surface area contributed by atoms with E-state index >= 15 is 0 Å². The summed E-state index contributed by atoms with van der Waals surface area (Å²) < 4.78 is 1.22. The molecule has 0 spiro atoms. The number of fused-ring (bicyclic) bond motifs is 1. The van der Waals surface area contributed by atoms with Gasteiger partial charge >= 0.3 is 0 Å². The van der Waals surface area contributed by atoms with Crippen LogP contribution in [0.25, 0.3) is 31.8 Å². The molecule has 0 saturated carbocycles. The average Bonchev–Trinajstić information content (AvgIpc) is 3.17. The molecule has 0 aliphatic heterocycles. The van der Waals surface area contributed by atoms with Crippen molar-refractivity contribution in [2.24, 2.45) is 0 Å². The monoisotopic (exact) mass is 621 g/mol. The van der Waals surface area contributed by atoms with E-state index in [4.69, 9.17) is 5.11 Å². The molecule has 0 fully saturated rings. The van der Waals surface area contributed by atoms with Crippen molar-refractivity contribution in [3.8, 4) is 21.7 Å². The number of aromatic nitrogens is 1. The Labute approximate surface area is 207 Å². The fourth-order valence-electron chi connectivity index (χ4n) is 3.11. The van der Waals surface area contributed by atoms with E-state index in [1.165, 1.54) is 46.0 Å². The van der Waals surface area contributed by atoms with E-state index in [1.807, 2.05) is 30.5 Å². The zero-order valence-corrected chi connectivity index (χ0v) is 21.8. The summed E-state index contributed by atoms with van der Waals surface area (Å²) >= 11 is 1.80. The molecule has 2 aromatic carbocycles. The van der Waals surface area contributed by atoms with E-state index in [0.29, 0.717) is 5.92 Å². The number of ketones is 1. The van der Waals surface area contributed by atoms with Gasteiger partial charge in [0.1, 0.15) is 0 Å². The van der Waals surface area contributed by atoms with E-state index in [-0.39, 0.29) is 31.6 Å². The molecule has 1 radical (unpaired) electrons. The third-order valence-corrected chi connectivity index (χ3v) is 5.80. The molecular weight excluding hydrogens is 595 g/mol. The van der Waals surface area contributed by atoms with Crippen LogP contribution >= 0.6 is 11.3 Å². The first-order valence-corrected chi connectivity index (χ1v) is 11.0. The number of thiophene rings is 1. The van der Waals surface area contributed by atoms with E-state index in [2.05, 4.69) is 61.3 Å². The fraction of sp³-hybridized carbons (Fsp3) is 0.185. The molecule has 0 unspecified atom stereocenters. The Morgan fingerprint density at radius 2 is 1.81 bits per heavy atom. The topological polar surface area (TPSA) is 50.2 Å². The molecule has 5 heteroatoms. The first-order valence-electron chi connectivity index (χ1n) is 10.2. The van der Waals surface area contributed by atoms with Crippen LogP contribution < -0.4 is 0 Å². The van der Waals surface area contributed by atoms with Gasteiger partial charge in [-0.05, 0) is 48.0 Å². The largest absolute Gasteiger partial charge is 0.512 e. The van der Waals surface area contributed by atoms with Crippen LogP contribution in [0.1, 0.15) is 39.2 Å². The number of carbonyl (C=O) groups excluding carboxylic acids is 1. The number of hydrogen-bond acceptors (Lipinski definition) is 4. The van der Waals surface area contributed by atoms with E-state index in [0.717, 1.165) is 11.3 Å². The number of carbonyl (C=O) groups is 1. The van der Waals surface area contributed by atoms with Crippen molar-refractivity contribution in [1.82, 2.24) is 4.98 Å². The maximum absolute atomic E-state index is 10.0. The zero-order chi connectivity index (χ0) is 22.4. The Morgan fingerprint density at radius 3 is 2.34 bits per heavy atom. The van der Waals surface area contributed by atoms with Crippen LogP contribution in [0.2, 0.25) is 0 Å². The van der Waals surface area contributed by atoms with Gasteiger partial charge in [0.2, 0.25) is 0 Å². The molecule has 2 heterocycles. The van der Waals surface area contributed by atoms with Crippen LogP contribution in [0.15, 0.2) is 78.7 Å². The molecule has 3 nitrogen and oxygen atoms in total. The third-order valence-electron chi connectivity index (χ3n) is 4.66. The summed E-state index contributed by atoms with van der Waals surface area (Å²) in [5.74, 6) is 0.503. The maximum atomic E-state index is 10.0. The minimum Gasteiger partial charge on any atom is -0.512 e. The van der Waals surface area contributed by atoms with Crippen molar-refractivity contribution >= 4 is 27.2 Å². The molecule has 4 aromatic rings. The zero-order valence-electron chi connectivity index (χ0n) is 18.5. The number of aliphatic hydroxyl groups is 1. The molecule has 0 aliphatic carbocycles. The van der Waals surface area contributed by atoms with Gasteiger partial charge < -0.3 is 10.1 Å². The van der Waals surface area contributed by atoms with Gasteiger partial charge in [-0.3, -0.25) is 4.79 Å². The molecule has 0 bridgehead atoms. The summed E-state index contributed by atoms with van der Waals surface area (Å²) in [6.07, 6.45) is 3.14. The Balaban J connectivity index is 0.000000398. The van der Waals surface area contributed by atoms with E-state index < -0.39 is 0 Å². The first-order chi connectivity index (χ1) is 14.8. The van der Waals surface area contributed by atoms with Crippen molar-refractivity contribution < 1.29 is 30.0 Å². The molecule has 0 amide bonds. The molecule has 4 rings (SSSR count). The number of allylic oxidation sites excluding steroid dienone is 2. The van der Waals surface area contributed by atoms with Crippen LogP contribution in [-0.2, 0) is 24.9 Å². The predicted molar refractivity (Wildman–Crippen MR) is 130 cm³/mol. The fourth-order valence-corrected chi connectivity index (χ4v) is 4.13. The molecule has 1 N–H and O–H groups in total. The van der Waals surface area contributed by atoms with Gasteiger partial charge in [-0.2, -0.15) is 0 Å². The van der Waals surface area contributed by atoms with Gasteiger partial charge in [-0.15, -0.1) is 47.2 Å². The van der Waals surface area contributed by atoms with Crippen molar-refractivity contribution in [2.75, 3.05) is 0 Å². The van der Waals surface area contributed by atoms with Crippen molar-refractivity contribution in [1.29, 1.82) is 0 Å². The third kappa shape index (κ3) is 6.96. The van der Waals surface area contributed by atoms with E-state index in [9.17, 15) is 4.79 Å². The quantitative estimate of drug-likeness (QED) is 0.145. The number of rotatable bonds is 4. The summed E-state index contributed by atoms with van der Waals surface area (Å²) in [4.78, 5) is 15.9. The molecule has 0 aliphatic rings. The minimum atomic E-state index is -0.125. The first kappa shape index (κ1) is 25.7. The summed E-state index contributed by atoms with van der Waals surface area (Å²) in [5, 5.41) is 9.60. The molecule has 32 heavy (non-hydrogen) atoms. The normalized spacial score (nSPS) is 11.0. The smallest absolute Gasteiger partial charge is 0.155 e. The SMILES string of the molecule is CC(=O)/C=C(/C)O.CC(C)c1ccc(-c2cc3cc(-c4[c-]cccc4)ncc3s2)cc1.[Ir]. The molecule has 2 aromatic heterocycles. The van der Waals surface area contributed by atoms with Crippen molar-refractivity contribution in [3.63, 3.8) is 0 Å². The number of hydrogen-bond donors (Lipinski definition) is 1. The number of benzene rings is 2. The van der Waals surface area contributed by atoms with Gasteiger partial charge in [-0.25, -0.2) is 0 Å². The second-order valence-electron chi connectivity index (χ2n) is 7.67. The number of aliphatic hydroxyl groups excluding tert-OH is 1. The summed E-state index contributed by atoms with van der Waals surface area (Å²) in [6.45, 7) is 7.30. The maximum Gasteiger partial charge on any atom is 0.155 e. The van der Waals surface area contributed by atoms with Gasteiger partial charge in [0, 0.05) is 37.3 Å². The Morgan fingerprint density at radius 1 is 1.09 bits per heavy atom. The van der Waals surface area contributed by atoms with Gasteiger partial charge in [-0.1, -0.05) is 44.2 Å². The molecule has 0 saturated heterocycles. The average molecular weight is 621 g/mol. The summed E-state index contributed by atoms with van der Waals surface area (Å²) in [6, 6.07) is 24.5.